The fourth-order valence-corrected chi connectivity index (χ4v) is 0.979. The van der Waals surface area contributed by atoms with Gasteiger partial charge in [0.25, 0.3) is 0 Å². The maximum Gasteiger partial charge on any atom is 0.148 e. The van der Waals surface area contributed by atoms with E-state index in [1.807, 2.05) is 0 Å². The molecular formula is C10H10F2O. The van der Waals surface area contributed by atoms with Crippen LogP contribution >= 0.6 is 0 Å². The fraction of sp³-hybridized carbons (Fsp3) is 0.200. The minimum Gasteiger partial charge on any atom is -0.393 e. The third kappa shape index (κ3) is 2.36. The monoisotopic (exact) mass is 184 g/mol. The highest BCUT2D eigenvalue weighted by Crippen LogP contribution is 2.19. The fourth-order valence-electron chi connectivity index (χ4n) is 0.979. The van der Waals surface area contributed by atoms with Gasteiger partial charge >= 0.3 is 0 Å². The van der Waals surface area contributed by atoms with Gasteiger partial charge < -0.3 is 5.11 Å². The Kier molecular flexibility index (Phi) is 3.14. The highest BCUT2D eigenvalue weighted by Gasteiger charge is 2.11. The lowest BCUT2D eigenvalue weighted by Crippen LogP contribution is -2.07. The Morgan fingerprint density at radius 3 is 2.77 bits per heavy atom. The zero-order valence-corrected chi connectivity index (χ0v) is 7.00. The molecule has 1 atom stereocenters. The Hall–Kier alpha value is -1.22. The van der Waals surface area contributed by atoms with E-state index in [0.717, 1.165) is 0 Å². The van der Waals surface area contributed by atoms with Crippen LogP contribution in [0, 0.1) is 5.82 Å². The number of benzene rings is 1. The molecule has 3 heteroatoms. The molecule has 1 N–H and O–H groups in total. The van der Waals surface area contributed by atoms with Crippen LogP contribution in [0.15, 0.2) is 30.8 Å². The van der Waals surface area contributed by atoms with Crippen molar-refractivity contribution < 1.29 is 13.9 Å². The summed E-state index contributed by atoms with van der Waals surface area (Å²) in [6, 6.07) is 5.47. The molecule has 13 heavy (non-hydrogen) atoms. The van der Waals surface area contributed by atoms with Gasteiger partial charge in [-0.15, -0.1) is 0 Å². The summed E-state index contributed by atoms with van der Waals surface area (Å²) in [6.45, 7) is 2.81. The molecule has 0 aliphatic carbocycles. The summed E-state index contributed by atoms with van der Waals surface area (Å²) in [5.74, 6) is -0.441. The van der Waals surface area contributed by atoms with Crippen molar-refractivity contribution in [3.05, 3.63) is 42.2 Å². The van der Waals surface area contributed by atoms with E-state index in [2.05, 4.69) is 6.58 Å². The number of aliphatic hydroxyl groups is 1. The Labute approximate surface area is 75.3 Å². The van der Waals surface area contributed by atoms with Gasteiger partial charge in [0.1, 0.15) is 12.0 Å². The van der Waals surface area contributed by atoms with E-state index in [1.54, 1.807) is 6.07 Å². The summed E-state index contributed by atoms with van der Waals surface area (Å²) in [4.78, 5) is 0. The summed E-state index contributed by atoms with van der Waals surface area (Å²) < 4.78 is 25.5. The topological polar surface area (TPSA) is 20.2 Å². The normalized spacial score (nSPS) is 12.5. The Balaban J connectivity index is 2.89. The first-order valence-corrected chi connectivity index (χ1v) is 3.85. The van der Waals surface area contributed by atoms with Crippen molar-refractivity contribution in [3.63, 3.8) is 0 Å². The lowest BCUT2D eigenvalue weighted by atomic mass is 10.0. The second-order valence-corrected chi connectivity index (χ2v) is 2.69. The van der Waals surface area contributed by atoms with Gasteiger partial charge in [-0.1, -0.05) is 18.7 Å². The molecule has 0 aliphatic rings. The number of alkyl halides is 1. The molecular weight excluding hydrogens is 174 g/mol. The third-order valence-electron chi connectivity index (χ3n) is 1.73. The number of hydrogen-bond donors (Lipinski definition) is 1. The SMILES string of the molecule is C=C(c1cccc(F)c1)[C@H](F)CO. The minimum atomic E-state index is -1.53. The second-order valence-electron chi connectivity index (χ2n) is 2.69. The van der Waals surface area contributed by atoms with E-state index in [9.17, 15) is 8.78 Å². The maximum atomic E-state index is 12.9. The predicted molar refractivity (Wildman–Crippen MR) is 47.4 cm³/mol. The minimum absolute atomic E-state index is 0.0991. The third-order valence-corrected chi connectivity index (χ3v) is 1.73. The van der Waals surface area contributed by atoms with Crippen molar-refractivity contribution in [2.24, 2.45) is 0 Å². The lowest BCUT2D eigenvalue weighted by Gasteiger charge is -2.08. The molecule has 0 bridgehead atoms. The molecule has 0 amide bonds. The first-order chi connectivity index (χ1) is 6.15. The van der Waals surface area contributed by atoms with E-state index in [4.69, 9.17) is 5.11 Å². The molecule has 1 aromatic carbocycles. The summed E-state index contributed by atoms with van der Waals surface area (Å²) in [7, 11) is 0. The van der Waals surface area contributed by atoms with Crippen LogP contribution in [-0.2, 0) is 0 Å². The van der Waals surface area contributed by atoms with E-state index in [-0.39, 0.29) is 5.57 Å². The van der Waals surface area contributed by atoms with Gasteiger partial charge in [0.2, 0.25) is 0 Å². The van der Waals surface area contributed by atoms with Crippen LogP contribution in [0.25, 0.3) is 5.57 Å². The van der Waals surface area contributed by atoms with Crippen LogP contribution in [0.5, 0.6) is 0 Å². The van der Waals surface area contributed by atoms with Crippen LogP contribution in [0.2, 0.25) is 0 Å². The molecule has 0 heterocycles. The molecule has 70 valence electrons. The first-order valence-electron chi connectivity index (χ1n) is 3.85. The number of halogens is 2. The smallest absolute Gasteiger partial charge is 0.148 e. The largest absolute Gasteiger partial charge is 0.393 e. The van der Waals surface area contributed by atoms with Crippen molar-refractivity contribution in [1.82, 2.24) is 0 Å². The van der Waals surface area contributed by atoms with Crippen molar-refractivity contribution in [2.75, 3.05) is 6.61 Å². The van der Waals surface area contributed by atoms with Gasteiger partial charge in [-0.25, -0.2) is 8.78 Å². The van der Waals surface area contributed by atoms with Crippen LogP contribution in [0.3, 0.4) is 0 Å². The number of aliphatic hydroxyl groups excluding tert-OH is 1. The molecule has 0 unspecified atom stereocenters. The molecule has 0 spiro atoms. The van der Waals surface area contributed by atoms with Gasteiger partial charge in [0, 0.05) is 0 Å². The summed E-state index contributed by atoms with van der Waals surface area (Å²) >= 11 is 0. The van der Waals surface area contributed by atoms with E-state index < -0.39 is 18.6 Å². The Morgan fingerprint density at radius 2 is 2.23 bits per heavy atom. The maximum absolute atomic E-state index is 12.9. The molecule has 0 aromatic heterocycles. The quantitative estimate of drug-likeness (QED) is 0.763. The number of hydrogen-bond acceptors (Lipinski definition) is 1. The predicted octanol–water partition coefficient (Wildman–Crippen LogP) is 2.17. The van der Waals surface area contributed by atoms with Crippen LogP contribution in [0.4, 0.5) is 8.78 Å². The average Bonchev–Trinajstić information content (AvgIpc) is 2.15. The molecule has 0 saturated carbocycles. The Morgan fingerprint density at radius 1 is 1.54 bits per heavy atom. The molecule has 1 nitrogen and oxygen atoms in total. The number of rotatable bonds is 3. The molecule has 0 saturated heterocycles. The lowest BCUT2D eigenvalue weighted by molar-refractivity contribution is 0.215. The van der Waals surface area contributed by atoms with E-state index in [1.165, 1.54) is 18.2 Å². The highest BCUT2D eigenvalue weighted by molar-refractivity contribution is 5.66. The zero-order chi connectivity index (χ0) is 9.84. The molecule has 1 rings (SSSR count). The first kappa shape index (κ1) is 9.86. The van der Waals surface area contributed by atoms with E-state index >= 15 is 0 Å². The van der Waals surface area contributed by atoms with Crippen molar-refractivity contribution in [3.8, 4) is 0 Å². The second kappa shape index (κ2) is 4.14. The Bertz CT molecular complexity index is 310. The molecule has 0 radical (unpaired) electrons. The van der Waals surface area contributed by atoms with Gasteiger partial charge in [-0.05, 0) is 23.3 Å². The molecule has 0 aliphatic heterocycles. The van der Waals surface area contributed by atoms with Gasteiger partial charge in [0.05, 0.1) is 6.61 Å². The van der Waals surface area contributed by atoms with Crippen LogP contribution < -0.4 is 0 Å². The van der Waals surface area contributed by atoms with Crippen LogP contribution in [-0.4, -0.2) is 17.9 Å². The average molecular weight is 184 g/mol. The van der Waals surface area contributed by atoms with Crippen LogP contribution in [0.1, 0.15) is 5.56 Å². The zero-order valence-electron chi connectivity index (χ0n) is 7.00. The molecule has 1 aromatic rings. The summed E-state index contributed by atoms with van der Waals surface area (Å²) in [5, 5.41) is 8.51. The summed E-state index contributed by atoms with van der Waals surface area (Å²) in [5.41, 5.74) is 0.476. The van der Waals surface area contributed by atoms with E-state index in [0.29, 0.717) is 5.56 Å². The summed E-state index contributed by atoms with van der Waals surface area (Å²) in [6.07, 6.45) is -1.53. The molecule has 0 fully saturated rings. The van der Waals surface area contributed by atoms with Crippen molar-refractivity contribution in [1.29, 1.82) is 0 Å². The van der Waals surface area contributed by atoms with Gasteiger partial charge in [0.15, 0.2) is 0 Å². The van der Waals surface area contributed by atoms with Crippen molar-refractivity contribution >= 4 is 5.57 Å². The van der Waals surface area contributed by atoms with Gasteiger partial charge in [-0.2, -0.15) is 0 Å². The van der Waals surface area contributed by atoms with Crippen molar-refractivity contribution in [2.45, 2.75) is 6.17 Å². The highest BCUT2D eigenvalue weighted by atomic mass is 19.1. The van der Waals surface area contributed by atoms with Gasteiger partial charge in [-0.3, -0.25) is 0 Å². The standard InChI is InChI=1S/C10H10F2O/c1-7(10(12)6-13)8-3-2-4-9(11)5-8/h2-5,10,13H,1,6H2/t10-/m1/s1.